The van der Waals surface area contributed by atoms with E-state index in [4.69, 9.17) is 0 Å². The van der Waals surface area contributed by atoms with Crippen molar-refractivity contribution in [2.45, 2.75) is 13.5 Å². The van der Waals surface area contributed by atoms with Crippen molar-refractivity contribution in [2.75, 3.05) is 0 Å². The van der Waals surface area contributed by atoms with E-state index in [0.717, 1.165) is 17.3 Å². The van der Waals surface area contributed by atoms with E-state index in [-0.39, 0.29) is 0 Å². The van der Waals surface area contributed by atoms with Gasteiger partial charge in [0.05, 0.1) is 6.54 Å². The molecule has 1 heterocycles. The first-order chi connectivity index (χ1) is 7.66. The van der Waals surface area contributed by atoms with Crippen molar-refractivity contribution < 1.29 is 0 Å². The molecule has 1 aromatic carbocycles. The molecule has 16 heavy (non-hydrogen) atoms. The number of nitrogens with one attached hydrogen (secondary N) is 1. The van der Waals surface area contributed by atoms with Gasteiger partial charge in [0.15, 0.2) is 0 Å². The lowest BCUT2D eigenvalue weighted by Gasteiger charge is -2.05. The van der Waals surface area contributed by atoms with E-state index in [1.165, 1.54) is 4.68 Å². The molecule has 1 aromatic heterocycles. The molecule has 0 radical (unpaired) electrons. The highest BCUT2D eigenvalue weighted by molar-refractivity contribution is 5.25. The van der Waals surface area contributed by atoms with E-state index in [9.17, 15) is 9.59 Å². The number of hydrogen-bond acceptors (Lipinski definition) is 3. The first kappa shape index (κ1) is 10.4. The maximum atomic E-state index is 11.4. The maximum Gasteiger partial charge on any atom is 0.345 e. The summed E-state index contributed by atoms with van der Waals surface area (Å²) in [6.45, 7) is 2.33. The molecule has 0 amide bonds. The van der Waals surface area contributed by atoms with Crippen molar-refractivity contribution in [1.82, 2.24) is 14.8 Å². The van der Waals surface area contributed by atoms with Crippen molar-refractivity contribution in [3.63, 3.8) is 0 Å². The Bertz CT molecular complexity index is 613. The molecule has 2 rings (SSSR count). The second-order valence-corrected chi connectivity index (χ2v) is 3.52. The first-order valence-corrected chi connectivity index (χ1v) is 4.88. The highest BCUT2D eigenvalue weighted by Gasteiger charge is 2.01. The van der Waals surface area contributed by atoms with Crippen molar-refractivity contribution in [3.8, 4) is 0 Å². The van der Waals surface area contributed by atoms with Gasteiger partial charge < -0.3 is 0 Å². The zero-order chi connectivity index (χ0) is 11.5. The summed E-state index contributed by atoms with van der Waals surface area (Å²) in [4.78, 5) is 24.4. The van der Waals surface area contributed by atoms with Gasteiger partial charge in [-0.25, -0.2) is 9.48 Å². The van der Waals surface area contributed by atoms with E-state index in [1.54, 1.807) is 0 Å². The molecule has 0 aliphatic rings. The van der Waals surface area contributed by atoms with E-state index in [1.807, 2.05) is 31.2 Å². The van der Waals surface area contributed by atoms with Gasteiger partial charge in [-0.15, -0.1) is 0 Å². The Labute approximate surface area is 91.4 Å². The molecule has 82 valence electrons. The van der Waals surface area contributed by atoms with Crippen molar-refractivity contribution in [3.05, 3.63) is 62.4 Å². The minimum absolute atomic E-state index is 0.363. The summed E-state index contributed by atoms with van der Waals surface area (Å²) in [5.74, 6) is 0. The van der Waals surface area contributed by atoms with E-state index in [2.05, 4.69) is 10.1 Å². The zero-order valence-electron chi connectivity index (χ0n) is 8.80. The molecular weight excluding hydrogens is 206 g/mol. The maximum absolute atomic E-state index is 11.4. The van der Waals surface area contributed by atoms with Gasteiger partial charge >= 0.3 is 5.69 Å². The Morgan fingerprint density at radius 1 is 1.31 bits per heavy atom. The minimum Gasteiger partial charge on any atom is -0.271 e. The third kappa shape index (κ3) is 2.08. The predicted molar refractivity (Wildman–Crippen MR) is 59.4 cm³/mol. The van der Waals surface area contributed by atoms with Gasteiger partial charge in [0, 0.05) is 0 Å². The van der Waals surface area contributed by atoms with E-state index < -0.39 is 11.2 Å². The Balaban J connectivity index is 2.38. The summed E-state index contributed by atoms with van der Waals surface area (Å²) in [7, 11) is 0. The van der Waals surface area contributed by atoms with Gasteiger partial charge in [-0.3, -0.25) is 9.78 Å². The molecule has 0 spiro atoms. The molecule has 0 unspecified atom stereocenters. The number of aromatic amines is 1. The van der Waals surface area contributed by atoms with Gasteiger partial charge in [0.25, 0.3) is 5.56 Å². The lowest BCUT2D eigenvalue weighted by atomic mass is 10.1. The molecule has 5 heteroatoms. The first-order valence-electron chi connectivity index (χ1n) is 4.88. The molecule has 5 nitrogen and oxygen atoms in total. The average molecular weight is 217 g/mol. The van der Waals surface area contributed by atoms with Gasteiger partial charge in [0.1, 0.15) is 6.20 Å². The van der Waals surface area contributed by atoms with E-state index in [0.29, 0.717) is 6.54 Å². The van der Waals surface area contributed by atoms with Crippen molar-refractivity contribution >= 4 is 0 Å². The Morgan fingerprint density at radius 2 is 2.06 bits per heavy atom. The number of nitrogens with zero attached hydrogens (tertiary/aromatic N) is 2. The number of rotatable bonds is 2. The SMILES string of the molecule is Cc1ccccc1Cn1ncc(=O)[nH]c1=O. The third-order valence-electron chi connectivity index (χ3n) is 2.36. The zero-order valence-corrected chi connectivity index (χ0v) is 8.80. The van der Waals surface area contributed by atoms with Crippen molar-refractivity contribution in [2.24, 2.45) is 0 Å². The molecule has 0 fully saturated rings. The largest absolute Gasteiger partial charge is 0.345 e. The Hall–Kier alpha value is -2.17. The highest BCUT2D eigenvalue weighted by Crippen LogP contribution is 2.06. The fraction of sp³-hybridized carbons (Fsp3) is 0.182. The van der Waals surface area contributed by atoms with Crippen LogP contribution in [0.2, 0.25) is 0 Å². The second-order valence-electron chi connectivity index (χ2n) is 3.52. The highest BCUT2D eigenvalue weighted by atomic mass is 16.2. The molecule has 0 aliphatic heterocycles. The van der Waals surface area contributed by atoms with Crippen LogP contribution in [0.1, 0.15) is 11.1 Å². The normalized spacial score (nSPS) is 10.3. The van der Waals surface area contributed by atoms with Gasteiger partial charge in [-0.2, -0.15) is 5.10 Å². The standard InChI is InChI=1S/C11H11N3O2/c1-8-4-2-3-5-9(8)7-14-11(16)13-10(15)6-12-14/h2-6H,7H2,1H3,(H,13,15,16). The van der Waals surface area contributed by atoms with Crippen LogP contribution in [0.4, 0.5) is 0 Å². The molecule has 2 aromatic rings. The molecule has 0 saturated heterocycles. The summed E-state index contributed by atoms with van der Waals surface area (Å²) < 4.78 is 1.23. The lowest BCUT2D eigenvalue weighted by molar-refractivity contribution is 0.605. The summed E-state index contributed by atoms with van der Waals surface area (Å²) in [5.41, 5.74) is 1.12. The predicted octanol–water partition coefficient (Wildman–Crippen LogP) is 0.288. The Morgan fingerprint density at radius 3 is 2.75 bits per heavy atom. The van der Waals surface area contributed by atoms with Crippen LogP contribution in [0.5, 0.6) is 0 Å². The number of hydrogen-bond donors (Lipinski definition) is 1. The summed E-state index contributed by atoms with van der Waals surface area (Å²) in [6.07, 6.45) is 1.10. The molecule has 0 saturated carbocycles. The van der Waals surface area contributed by atoms with Crippen LogP contribution in [0, 0.1) is 6.92 Å². The number of aryl methyl sites for hydroxylation is 1. The van der Waals surface area contributed by atoms with Crippen LogP contribution in [-0.2, 0) is 6.54 Å². The van der Waals surface area contributed by atoms with Gasteiger partial charge in [0.2, 0.25) is 0 Å². The molecule has 0 atom stereocenters. The lowest BCUT2D eigenvalue weighted by Crippen LogP contribution is -2.31. The monoisotopic (exact) mass is 217 g/mol. The van der Waals surface area contributed by atoms with Crippen LogP contribution in [0.15, 0.2) is 40.1 Å². The number of H-pyrrole nitrogens is 1. The summed E-state index contributed by atoms with van der Waals surface area (Å²) >= 11 is 0. The average Bonchev–Trinajstić information content (AvgIpc) is 2.25. The molecule has 0 aliphatic carbocycles. The van der Waals surface area contributed by atoms with Gasteiger partial charge in [-0.1, -0.05) is 24.3 Å². The van der Waals surface area contributed by atoms with Crippen LogP contribution in [0.25, 0.3) is 0 Å². The summed E-state index contributed by atoms with van der Waals surface area (Å²) in [5, 5.41) is 3.77. The number of aromatic nitrogens is 3. The number of benzene rings is 1. The fourth-order valence-corrected chi connectivity index (χ4v) is 1.44. The van der Waals surface area contributed by atoms with Gasteiger partial charge in [-0.05, 0) is 18.1 Å². The van der Waals surface area contributed by atoms with Crippen LogP contribution >= 0.6 is 0 Å². The van der Waals surface area contributed by atoms with Crippen LogP contribution < -0.4 is 11.2 Å². The molecular formula is C11H11N3O2. The second kappa shape index (κ2) is 4.14. The fourth-order valence-electron chi connectivity index (χ4n) is 1.44. The summed E-state index contributed by atoms with van der Waals surface area (Å²) in [6, 6.07) is 7.72. The van der Waals surface area contributed by atoms with Crippen molar-refractivity contribution in [1.29, 1.82) is 0 Å². The quantitative estimate of drug-likeness (QED) is 0.786. The smallest absolute Gasteiger partial charge is 0.271 e. The van der Waals surface area contributed by atoms with Crippen LogP contribution in [0.3, 0.4) is 0 Å². The Kier molecular flexibility index (Phi) is 2.68. The van der Waals surface area contributed by atoms with Crippen LogP contribution in [-0.4, -0.2) is 14.8 Å². The van der Waals surface area contributed by atoms with E-state index >= 15 is 0 Å². The third-order valence-corrected chi connectivity index (χ3v) is 2.36. The molecule has 0 bridgehead atoms. The molecule has 1 N–H and O–H groups in total. The minimum atomic E-state index is -0.490. The topological polar surface area (TPSA) is 67.8 Å².